The molecule has 12 heavy (non-hydrogen) atoms. The van der Waals surface area contributed by atoms with Gasteiger partial charge in [-0.25, -0.2) is 0 Å². The van der Waals surface area contributed by atoms with E-state index in [0.29, 0.717) is 19.1 Å². The van der Waals surface area contributed by atoms with Crippen LogP contribution in [0.15, 0.2) is 0 Å². The zero-order chi connectivity index (χ0) is 8.81. The molecule has 1 saturated carbocycles. The third-order valence-corrected chi connectivity index (χ3v) is 2.25. The number of ether oxygens (including phenoxy) is 1. The van der Waals surface area contributed by atoms with Gasteiger partial charge in [-0.05, 0) is 19.3 Å². The van der Waals surface area contributed by atoms with E-state index in [4.69, 9.17) is 15.7 Å². The molecule has 1 unspecified atom stereocenters. The lowest BCUT2D eigenvalue weighted by atomic mass is 10.2. The maximum atomic E-state index is 8.40. The monoisotopic (exact) mass is 168 g/mol. The standard InChI is InChI=1S/C9H16N2O/c10-7-8(11)5-6-12-9-3-1-2-4-9/h8-9H,1-6,11H2. The highest BCUT2D eigenvalue weighted by atomic mass is 16.5. The molecule has 0 aromatic heterocycles. The van der Waals surface area contributed by atoms with Gasteiger partial charge in [-0.3, -0.25) is 0 Å². The fourth-order valence-electron chi connectivity index (χ4n) is 1.48. The van der Waals surface area contributed by atoms with Crippen LogP contribution in [0.3, 0.4) is 0 Å². The first kappa shape index (κ1) is 9.50. The molecule has 0 saturated heterocycles. The highest BCUT2D eigenvalue weighted by molar-refractivity contribution is 4.85. The molecule has 2 N–H and O–H groups in total. The molecule has 0 aromatic carbocycles. The van der Waals surface area contributed by atoms with Crippen LogP contribution in [0.1, 0.15) is 32.1 Å². The van der Waals surface area contributed by atoms with Crippen molar-refractivity contribution in [1.82, 2.24) is 0 Å². The Bertz CT molecular complexity index is 158. The molecule has 1 fully saturated rings. The summed E-state index contributed by atoms with van der Waals surface area (Å²) in [6.07, 6.45) is 6.04. The van der Waals surface area contributed by atoms with Crippen molar-refractivity contribution in [3.05, 3.63) is 0 Å². The SMILES string of the molecule is N#CC(N)CCOC1CCCC1. The summed E-state index contributed by atoms with van der Waals surface area (Å²) in [7, 11) is 0. The number of nitriles is 1. The largest absolute Gasteiger partial charge is 0.378 e. The third kappa shape index (κ3) is 3.21. The molecule has 0 bridgehead atoms. The lowest BCUT2D eigenvalue weighted by Crippen LogP contribution is -2.21. The first-order valence-corrected chi connectivity index (χ1v) is 4.59. The molecule has 3 nitrogen and oxygen atoms in total. The van der Waals surface area contributed by atoms with Gasteiger partial charge < -0.3 is 10.5 Å². The first-order chi connectivity index (χ1) is 5.83. The number of hydrogen-bond acceptors (Lipinski definition) is 3. The topological polar surface area (TPSA) is 59.0 Å². The zero-order valence-electron chi connectivity index (χ0n) is 7.33. The third-order valence-electron chi connectivity index (χ3n) is 2.25. The Hall–Kier alpha value is -0.590. The molecule has 0 spiro atoms. The molecule has 1 aliphatic rings. The summed E-state index contributed by atoms with van der Waals surface area (Å²) in [6.45, 7) is 0.638. The lowest BCUT2D eigenvalue weighted by Gasteiger charge is -2.10. The van der Waals surface area contributed by atoms with E-state index >= 15 is 0 Å². The Morgan fingerprint density at radius 2 is 2.17 bits per heavy atom. The van der Waals surface area contributed by atoms with Gasteiger partial charge in [-0.1, -0.05) is 12.8 Å². The second-order valence-corrected chi connectivity index (χ2v) is 3.30. The van der Waals surface area contributed by atoms with Gasteiger partial charge in [0, 0.05) is 6.61 Å². The molecular formula is C9H16N2O. The average Bonchev–Trinajstić information content (AvgIpc) is 2.57. The molecule has 0 radical (unpaired) electrons. The van der Waals surface area contributed by atoms with Crippen LogP contribution in [0.4, 0.5) is 0 Å². The fourth-order valence-corrected chi connectivity index (χ4v) is 1.48. The Balaban J connectivity index is 1.98. The van der Waals surface area contributed by atoms with Crippen LogP contribution >= 0.6 is 0 Å². The van der Waals surface area contributed by atoms with Gasteiger partial charge >= 0.3 is 0 Å². The predicted molar refractivity (Wildman–Crippen MR) is 46.4 cm³/mol. The summed E-state index contributed by atoms with van der Waals surface area (Å²) >= 11 is 0. The van der Waals surface area contributed by atoms with E-state index in [9.17, 15) is 0 Å². The molecule has 0 aromatic rings. The Kier molecular flexibility index (Phi) is 4.06. The second-order valence-electron chi connectivity index (χ2n) is 3.30. The van der Waals surface area contributed by atoms with Crippen molar-refractivity contribution < 1.29 is 4.74 Å². The Morgan fingerprint density at radius 3 is 2.75 bits per heavy atom. The van der Waals surface area contributed by atoms with Gasteiger partial charge in [-0.15, -0.1) is 0 Å². The molecule has 0 heterocycles. The number of nitrogens with zero attached hydrogens (tertiary/aromatic N) is 1. The average molecular weight is 168 g/mol. The normalized spacial score (nSPS) is 20.7. The summed E-state index contributed by atoms with van der Waals surface area (Å²) in [5, 5.41) is 8.40. The first-order valence-electron chi connectivity index (χ1n) is 4.59. The van der Waals surface area contributed by atoms with E-state index in [0.717, 1.165) is 0 Å². The number of hydrogen-bond donors (Lipinski definition) is 1. The van der Waals surface area contributed by atoms with Crippen molar-refractivity contribution in [2.45, 2.75) is 44.2 Å². The lowest BCUT2D eigenvalue weighted by molar-refractivity contribution is 0.0558. The van der Waals surface area contributed by atoms with E-state index in [2.05, 4.69) is 0 Å². The molecule has 0 amide bonds. The molecule has 1 atom stereocenters. The number of nitrogens with two attached hydrogens (primary N) is 1. The van der Waals surface area contributed by atoms with E-state index in [-0.39, 0.29) is 6.04 Å². The van der Waals surface area contributed by atoms with E-state index in [1.165, 1.54) is 25.7 Å². The van der Waals surface area contributed by atoms with Crippen LogP contribution in [0.2, 0.25) is 0 Å². The number of rotatable bonds is 4. The highest BCUT2D eigenvalue weighted by Crippen LogP contribution is 2.20. The maximum absolute atomic E-state index is 8.40. The fraction of sp³-hybridized carbons (Fsp3) is 0.889. The van der Waals surface area contributed by atoms with Crippen molar-refractivity contribution in [2.75, 3.05) is 6.61 Å². The van der Waals surface area contributed by atoms with Crippen molar-refractivity contribution in [3.8, 4) is 6.07 Å². The molecule has 1 rings (SSSR count). The smallest absolute Gasteiger partial charge is 0.0950 e. The quantitative estimate of drug-likeness (QED) is 0.685. The van der Waals surface area contributed by atoms with Crippen LogP contribution in [-0.2, 0) is 4.74 Å². The minimum absolute atomic E-state index is 0.355. The van der Waals surface area contributed by atoms with Crippen molar-refractivity contribution in [3.63, 3.8) is 0 Å². The van der Waals surface area contributed by atoms with Crippen LogP contribution < -0.4 is 5.73 Å². The summed E-state index contributed by atoms with van der Waals surface area (Å²) in [6, 6.07) is 1.63. The summed E-state index contributed by atoms with van der Waals surface area (Å²) in [4.78, 5) is 0. The van der Waals surface area contributed by atoms with Gasteiger partial charge in [0.15, 0.2) is 0 Å². The summed E-state index contributed by atoms with van der Waals surface area (Å²) in [5.41, 5.74) is 5.42. The molecular weight excluding hydrogens is 152 g/mol. The minimum Gasteiger partial charge on any atom is -0.378 e. The minimum atomic E-state index is -0.355. The zero-order valence-corrected chi connectivity index (χ0v) is 7.33. The summed E-state index contributed by atoms with van der Waals surface area (Å²) in [5.74, 6) is 0. The predicted octanol–water partition coefficient (Wildman–Crippen LogP) is 1.19. The van der Waals surface area contributed by atoms with E-state index < -0.39 is 0 Å². The molecule has 68 valence electrons. The van der Waals surface area contributed by atoms with Gasteiger partial charge in [0.1, 0.15) is 0 Å². The van der Waals surface area contributed by atoms with E-state index in [1.54, 1.807) is 0 Å². The van der Waals surface area contributed by atoms with Crippen LogP contribution in [0.25, 0.3) is 0 Å². The Morgan fingerprint density at radius 1 is 1.50 bits per heavy atom. The van der Waals surface area contributed by atoms with Crippen molar-refractivity contribution in [2.24, 2.45) is 5.73 Å². The van der Waals surface area contributed by atoms with Crippen molar-refractivity contribution >= 4 is 0 Å². The second kappa shape index (κ2) is 5.13. The van der Waals surface area contributed by atoms with E-state index in [1.807, 2.05) is 6.07 Å². The molecule has 1 aliphatic carbocycles. The van der Waals surface area contributed by atoms with Gasteiger partial charge in [0.25, 0.3) is 0 Å². The Labute approximate surface area is 73.5 Å². The van der Waals surface area contributed by atoms with Gasteiger partial charge in [0.2, 0.25) is 0 Å². The summed E-state index contributed by atoms with van der Waals surface area (Å²) < 4.78 is 5.54. The van der Waals surface area contributed by atoms with Crippen LogP contribution in [0, 0.1) is 11.3 Å². The van der Waals surface area contributed by atoms with Crippen molar-refractivity contribution in [1.29, 1.82) is 5.26 Å². The highest BCUT2D eigenvalue weighted by Gasteiger charge is 2.15. The van der Waals surface area contributed by atoms with Crippen LogP contribution in [-0.4, -0.2) is 18.8 Å². The molecule has 3 heteroatoms. The molecule has 0 aliphatic heterocycles. The van der Waals surface area contributed by atoms with Gasteiger partial charge in [-0.2, -0.15) is 5.26 Å². The maximum Gasteiger partial charge on any atom is 0.0950 e. The van der Waals surface area contributed by atoms with Gasteiger partial charge in [0.05, 0.1) is 18.2 Å². The van der Waals surface area contributed by atoms with Crippen LogP contribution in [0.5, 0.6) is 0 Å².